The number of allylic oxidation sites excluding steroid dienone is 2. The van der Waals surface area contributed by atoms with Gasteiger partial charge in [0.1, 0.15) is 0 Å². The maximum Gasteiger partial charge on any atom is 0.262 e. The zero-order valence-corrected chi connectivity index (χ0v) is 20.4. The third kappa shape index (κ3) is 5.65. The molecule has 6 nitrogen and oxygen atoms in total. The minimum absolute atomic E-state index is 0.0221. The van der Waals surface area contributed by atoms with E-state index in [1.54, 1.807) is 41.8 Å². The third-order valence-electron chi connectivity index (χ3n) is 6.08. The van der Waals surface area contributed by atoms with E-state index < -0.39 is 5.25 Å². The molecule has 1 heterocycles. The molecule has 176 valence electrons. The van der Waals surface area contributed by atoms with Crippen molar-refractivity contribution < 1.29 is 9.59 Å². The van der Waals surface area contributed by atoms with Gasteiger partial charge in [-0.05, 0) is 82.3 Å². The van der Waals surface area contributed by atoms with Crippen LogP contribution in [0.25, 0.3) is 10.9 Å². The van der Waals surface area contributed by atoms with E-state index in [0.29, 0.717) is 33.9 Å². The summed E-state index contributed by atoms with van der Waals surface area (Å²) < 4.78 is 1.72. The SMILES string of the molecule is CC(=O)c1ccc(NC(=O)C(C)Sc2nc3ccccc3c(=O)n2CCC2=CCCCC2)cc1. The molecule has 3 aromatic rings. The topological polar surface area (TPSA) is 81.1 Å². The number of hydrogen-bond acceptors (Lipinski definition) is 5. The van der Waals surface area contributed by atoms with Crippen LogP contribution in [-0.2, 0) is 11.3 Å². The molecule has 1 aromatic heterocycles. The number of anilines is 1. The quantitative estimate of drug-likeness (QED) is 0.198. The van der Waals surface area contributed by atoms with Gasteiger partial charge in [0.2, 0.25) is 5.91 Å². The van der Waals surface area contributed by atoms with E-state index >= 15 is 0 Å². The third-order valence-corrected chi connectivity index (χ3v) is 7.17. The van der Waals surface area contributed by atoms with Crippen LogP contribution in [0, 0.1) is 0 Å². The van der Waals surface area contributed by atoms with Gasteiger partial charge in [0.05, 0.1) is 16.2 Å². The van der Waals surface area contributed by atoms with Crippen molar-refractivity contribution in [2.75, 3.05) is 5.32 Å². The number of fused-ring (bicyclic) bond motifs is 1. The Bertz CT molecular complexity index is 1290. The maximum absolute atomic E-state index is 13.3. The van der Waals surface area contributed by atoms with Crippen LogP contribution in [-0.4, -0.2) is 26.5 Å². The van der Waals surface area contributed by atoms with Crippen LogP contribution >= 0.6 is 11.8 Å². The fourth-order valence-corrected chi connectivity index (χ4v) is 5.00. The predicted molar refractivity (Wildman–Crippen MR) is 138 cm³/mol. The Balaban J connectivity index is 1.55. The Kier molecular flexibility index (Phi) is 7.63. The highest BCUT2D eigenvalue weighted by Gasteiger charge is 2.20. The Morgan fingerprint density at radius 1 is 1.12 bits per heavy atom. The number of ketones is 1. The number of hydrogen-bond donors (Lipinski definition) is 1. The molecule has 1 aliphatic carbocycles. The van der Waals surface area contributed by atoms with Gasteiger partial charge in [-0.2, -0.15) is 0 Å². The number of carbonyl (C=O) groups is 2. The van der Waals surface area contributed by atoms with E-state index in [1.807, 2.05) is 18.2 Å². The zero-order chi connectivity index (χ0) is 24.1. The smallest absolute Gasteiger partial charge is 0.262 e. The van der Waals surface area contributed by atoms with Gasteiger partial charge >= 0.3 is 0 Å². The maximum atomic E-state index is 13.3. The summed E-state index contributed by atoms with van der Waals surface area (Å²) in [4.78, 5) is 42.4. The molecular weight excluding hydrogens is 446 g/mol. The van der Waals surface area contributed by atoms with Crippen molar-refractivity contribution in [3.05, 3.63) is 76.1 Å². The lowest BCUT2D eigenvalue weighted by atomic mass is 9.97. The summed E-state index contributed by atoms with van der Waals surface area (Å²) in [7, 11) is 0. The largest absolute Gasteiger partial charge is 0.325 e. The molecule has 7 heteroatoms. The van der Waals surface area contributed by atoms with Crippen molar-refractivity contribution in [1.82, 2.24) is 9.55 Å². The number of thioether (sulfide) groups is 1. The number of rotatable bonds is 8. The Morgan fingerprint density at radius 3 is 2.59 bits per heavy atom. The van der Waals surface area contributed by atoms with Crippen LogP contribution in [0.15, 0.2) is 70.1 Å². The molecule has 2 aromatic carbocycles. The lowest BCUT2D eigenvalue weighted by molar-refractivity contribution is -0.115. The lowest BCUT2D eigenvalue weighted by Crippen LogP contribution is -2.27. The van der Waals surface area contributed by atoms with Crippen LogP contribution in [0.1, 0.15) is 56.3 Å². The van der Waals surface area contributed by atoms with Crippen LogP contribution in [0.5, 0.6) is 0 Å². The van der Waals surface area contributed by atoms with Crippen molar-refractivity contribution in [3.63, 3.8) is 0 Å². The van der Waals surface area contributed by atoms with Crippen molar-refractivity contribution in [2.45, 2.75) is 62.9 Å². The van der Waals surface area contributed by atoms with Crippen LogP contribution < -0.4 is 10.9 Å². The Labute approximate surface area is 203 Å². The first kappa shape index (κ1) is 24.0. The zero-order valence-electron chi connectivity index (χ0n) is 19.5. The number of aromatic nitrogens is 2. The van der Waals surface area contributed by atoms with Crippen molar-refractivity contribution in [2.24, 2.45) is 0 Å². The van der Waals surface area contributed by atoms with Gasteiger partial charge in [0.25, 0.3) is 5.56 Å². The second-order valence-corrected chi connectivity index (χ2v) is 9.92. The van der Waals surface area contributed by atoms with Crippen LogP contribution in [0.4, 0.5) is 5.69 Å². The summed E-state index contributed by atoms with van der Waals surface area (Å²) >= 11 is 1.29. The molecule has 1 aliphatic rings. The highest BCUT2D eigenvalue weighted by molar-refractivity contribution is 8.00. The summed E-state index contributed by atoms with van der Waals surface area (Å²) in [6.45, 7) is 3.86. The number of benzene rings is 2. The van der Waals surface area contributed by atoms with Gasteiger partial charge < -0.3 is 5.32 Å². The standard InChI is InChI=1S/C27H29N3O3S/c1-18(31)21-12-14-22(15-13-21)28-25(32)19(2)34-27-29-24-11-7-6-10-23(24)26(33)30(27)17-16-20-8-4-3-5-9-20/h6-8,10-15,19H,3-5,9,16-17H2,1-2H3,(H,28,32). The van der Waals surface area contributed by atoms with Crippen molar-refractivity contribution in [3.8, 4) is 0 Å². The minimum Gasteiger partial charge on any atom is -0.325 e. The molecule has 0 fully saturated rings. The van der Waals surface area contributed by atoms with E-state index in [-0.39, 0.29) is 17.2 Å². The molecule has 1 N–H and O–H groups in total. The summed E-state index contributed by atoms with van der Waals surface area (Å²) in [6, 6.07) is 14.2. The monoisotopic (exact) mass is 475 g/mol. The first-order valence-electron chi connectivity index (χ1n) is 11.7. The number of nitrogens with zero attached hydrogens (tertiary/aromatic N) is 2. The average molecular weight is 476 g/mol. The molecule has 0 saturated heterocycles. The fourth-order valence-electron chi connectivity index (χ4n) is 4.07. The average Bonchev–Trinajstić information content (AvgIpc) is 2.84. The van der Waals surface area contributed by atoms with Gasteiger partial charge in [-0.25, -0.2) is 4.98 Å². The number of para-hydroxylation sites is 1. The molecule has 1 amide bonds. The van der Waals surface area contributed by atoms with Crippen LogP contribution in [0.3, 0.4) is 0 Å². The first-order chi connectivity index (χ1) is 16.4. The molecule has 0 bridgehead atoms. The second-order valence-electron chi connectivity index (χ2n) is 8.61. The summed E-state index contributed by atoms with van der Waals surface area (Å²) in [5, 5.41) is 3.56. The molecule has 1 unspecified atom stereocenters. The highest BCUT2D eigenvalue weighted by Crippen LogP contribution is 2.26. The van der Waals surface area contributed by atoms with Gasteiger partial charge in [-0.1, -0.05) is 35.5 Å². The Hall–Kier alpha value is -3.19. The minimum atomic E-state index is -0.472. The van der Waals surface area contributed by atoms with E-state index in [9.17, 15) is 14.4 Å². The molecule has 4 rings (SSSR count). The van der Waals surface area contributed by atoms with Gasteiger partial charge in [0.15, 0.2) is 10.9 Å². The van der Waals surface area contributed by atoms with Crippen molar-refractivity contribution in [1.29, 1.82) is 0 Å². The van der Waals surface area contributed by atoms with E-state index in [0.717, 1.165) is 19.3 Å². The van der Waals surface area contributed by atoms with E-state index in [2.05, 4.69) is 11.4 Å². The highest BCUT2D eigenvalue weighted by atomic mass is 32.2. The molecule has 34 heavy (non-hydrogen) atoms. The van der Waals surface area contributed by atoms with Crippen molar-refractivity contribution >= 4 is 40.0 Å². The summed E-state index contributed by atoms with van der Waals surface area (Å²) in [5.74, 6) is -0.212. The molecule has 0 radical (unpaired) electrons. The van der Waals surface area contributed by atoms with Gasteiger partial charge in [-0.15, -0.1) is 0 Å². The normalized spacial score (nSPS) is 14.5. The number of carbonyl (C=O) groups excluding carboxylic acids is 2. The molecule has 0 aliphatic heterocycles. The summed E-state index contributed by atoms with van der Waals surface area (Å²) in [6.07, 6.45) is 7.72. The molecule has 0 spiro atoms. The number of amides is 1. The van der Waals surface area contributed by atoms with E-state index in [4.69, 9.17) is 4.98 Å². The number of Topliss-reactive ketones (excluding diaryl/α,β-unsaturated/α-hetero) is 1. The van der Waals surface area contributed by atoms with Crippen LogP contribution in [0.2, 0.25) is 0 Å². The predicted octanol–water partition coefficient (Wildman–Crippen LogP) is 5.61. The Morgan fingerprint density at radius 2 is 1.88 bits per heavy atom. The molecule has 1 atom stereocenters. The number of nitrogens with one attached hydrogen (secondary N) is 1. The van der Waals surface area contributed by atoms with Gasteiger partial charge in [0, 0.05) is 17.8 Å². The molecular formula is C27H29N3O3S. The van der Waals surface area contributed by atoms with Gasteiger partial charge in [-0.3, -0.25) is 19.0 Å². The lowest BCUT2D eigenvalue weighted by Gasteiger charge is -2.18. The fraction of sp³-hybridized carbons (Fsp3) is 0.333. The first-order valence-corrected chi connectivity index (χ1v) is 12.6. The molecule has 0 saturated carbocycles. The second kappa shape index (κ2) is 10.8. The summed E-state index contributed by atoms with van der Waals surface area (Å²) in [5.41, 5.74) is 3.17. The van der Waals surface area contributed by atoms with E-state index in [1.165, 1.54) is 37.1 Å².